The van der Waals surface area contributed by atoms with E-state index >= 15 is 0 Å². The number of amidine groups is 1. The Balaban J connectivity index is 2.00. The Hall–Kier alpha value is -1.11. The summed E-state index contributed by atoms with van der Waals surface area (Å²) in [5.74, 6) is 1.20. The van der Waals surface area contributed by atoms with Gasteiger partial charge in [-0.05, 0) is 32.3 Å². The van der Waals surface area contributed by atoms with Gasteiger partial charge in [-0.15, -0.1) is 0 Å². The van der Waals surface area contributed by atoms with Crippen LogP contribution < -0.4 is 10.2 Å². The van der Waals surface area contributed by atoms with E-state index in [1.54, 1.807) is 0 Å². The molecule has 0 spiro atoms. The van der Waals surface area contributed by atoms with Crippen molar-refractivity contribution in [1.82, 2.24) is 5.32 Å². The average Bonchev–Trinajstić information content (AvgIpc) is 2.85. The second kappa shape index (κ2) is 9.20. The summed E-state index contributed by atoms with van der Waals surface area (Å²) in [7, 11) is 2.11. The predicted octanol–water partition coefficient (Wildman–Crippen LogP) is 4.26. The van der Waals surface area contributed by atoms with E-state index in [-0.39, 0.29) is 0 Å². The van der Waals surface area contributed by atoms with E-state index < -0.39 is 16.7 Å². The first-order valence-electron chi connectivity index (χ1n) is 9.29. The highest BCUT2D eigenvalue weighted by Crippen LogP contribution is 2.24. The van der Waals surface area contributed by atoms with Crippen molar-refractivity contribution in [2.24, 2.45) is 10.9 Å². The first-order valence-corrected chi connectivity index (χ1v) is 11.0. The molecule has 0 aromatic heterocycles. The molecule has 26 heavy (non-hydrogen) atoms. The number of benzene rings is 1. The fraction of sp³-hybridized carbons (Fsp3) is 0.600. The quantitative estimate of drug-likeness (QED) is 0.407. The molecule has 1 aromatic rings. The molecule has 0 bridgehead atoms. The number of hydrogen-bond acceptors (Lipinski definition) is 4. The summed E-state index contributed by atoms with van der Waals surface area (Å²) in [4.78, 5) is 7.15. The zero-order valence-corrected chi connectivity index (χ0v) is 18.2. The summed E-state index contributed by atoms with van der Waals surface area (Å²) in [6.45, 7) is 9.46. The number of rotatable bonds is 8. The number of anilines is 1. The van der Waals surface area contributed by atoms with Gasteiger partial charge in [0.15, 0.2) is 0 Å². The summed E-state index contributed by atoms with van der Waals surface area (Å²) < 4.78 is 12.8. The fourth-order valence-corrected chi connectivity index (χ4v) is 4.35. The molecule has 1 atom stereocenters. The van der Waals surface area contributed by atoms with Gasteiger partial charge in [-0.1, -0.05) is 57.1 Å². The van der Waals surface area contributed by atoms with Crippen LogP contribution in [-0.2, 0) is 16.9 Å². The topological polar surface area (TPSA) is 50.7 Å². The maximum Gasteiger partial charge on any atom is 0.318 e. The lowest BCUT2D eigenvalue weighted by molar-refractivity contribution is 0.538. The SMILES string of the molecule is CC(C)CCCCN(C)c1ccccc1C[S+]([O-])C1=NC(=S)C(C)(C)N1. The average molecular weight is 394 g/mol. The molecule has 144 valence electrons. The lowest BCUT2D eigenvalue weighted by Crippen LogP contribution is -2.44. The van der Waals surface area contributed by atoms with E-state index in [0.717, 1.165) is 23.7 Å². The summed E-state index contributed by atoms with van der Waals surface area (Å²) in [5.41, 5.74) is 1.83. The largest absolute Gasteiger partial charge is 0.609 e. The molecule has 1 heterocycles. The number of hydrogen-bond donors (Lipinski definition) is 1. The van der Waals surface area contributed by atoms with Gasteiger partial charge in [-0.25, -0.2) is 0 Å². The van der Waals surface area contributed by atoms with Crippen LogP contribution >= 0.6 is 12.2 Å². The number of nitrogens with one attached hydrogen (secondary N) is 1. The normalized spacial score (nSPS) is 17.2. The predicted molar refractivity (Wildman–Crippen MR) is 117 cm³/mol. The van der Waals surface area contributed by atoms with Crippen molar-refractivity contribution in [1.29, 1.82) is 0 Å². The molecular weight excluding hydrogens is 362 g/mol. The number of para-hydroxylation sites is 1. The van der Waals surface area contributed by atoms with E-state index in [0.29, 0.717) is 15.9 Å². The Bertz CT molecular complexity index is 658. The Morgan fingerprint density at radius 1 is 1.27 bits per heavy atom. The van der Waals surface area contributed by atoms with Gasteiger partial charge in [0, 0.05) is 36.0 Å². The van der Waals surface area contributed by atoms with Crippen LogP contribution in [0.3, 0.4) is 0 Å². The smallest absolute Gasteiger partial charge is 0.318 e. The first-order chi connectivity index (χ1) is 12.2. The summed E-state index contributed by atoms with van der Waals surface area (Å²) in [6.07, 6.45) is 3.67. The molecular formula is C20H31N3OS2. The molecule has 0 saturated carbocycles. The van der Waals surface area contributed by atoms with Gasteiger partial charge in [0.25, 0.3) is 0 Å². The Morgan fingerprint density at radius 2 is 1.96 bits per heavy atom. The van der Waals surface area contributed by atoms with Crippen molar-refractivity contribution in [2.75, 3.05) is 18.5 Å². The van der Waals surface area contributed by atoms with Crippen LogP contribution in [0.1, 0.15) is 52.5 Å². The Kier molecular flexibility index (Phi) is 7.50. The molecule has 1 aliphatic heterocycles. The van der Waals surface area contributed by atoms with Gasteiger partial charge < -0.3 is 14.8 Å². The Morgan fingerprint density at radius 3 is 2.58 bits per heavy atom. The minimum absolute atomic E-state index is 0.396. The van der Waals surface area contributed by atoms with Crippen LogP contribution in [0, 0.1) is 5.92 Å². The van der Waals surface area contributed by atoms with E-state index in [1.165, 1.54) is 19.3 Å². The summed E-state index contributed by atoms with van der Waals surface area (Å²) >= 11 is 4.04. The molecule has 0 amide bonds. The number of nitrogens with zero attached hydrogens (tertiary/aromatic N) is 2. The maximum atomic E-state index is 12.8. The van der Waals surface area contributed by atoms with Crippen LogP contribution in [0.4, 0.5) is 5.69 Å². The summed E-state index contributed by atoms with van der Waals surface area (Å²) in [5, 5.41) is 3.69. The standard InChI is InChI=1S/C20H31N3OS2/c1-15(2)10-8-9-13-23(5)17-12-7-6-11-16(17)14-26(24)19-21-18(25)20(3,4)22-19/h6-7,11-12,15H,8-10,13-14H2,1-5H3,(H,21,22,25). The van der Waals surface area contributed by atoms with Gasteiger partial charge in [0.05, 0.1) is 5.54 Å². The molecule has 6 heteroatoms. The molecule has 2 rings (SSSR count). The van der Waals surface area contributed by atoms with E-state index in [1.807, 2.05) is 26.0 Å². The zero-order valence-electron chi connectivity index (χ0n) is 16.5. The molecule has 0 saturated heterocycles. The lowest BCUT2D eigenvalue weighted by Gasteiger charge is -2.23. The molecule has 1 unspecified atom stereocenters. The van der Waals surface area contributed by atoms with E-state index in [2.05, 4.69) is 48.2 Å². The first kappa shape index (κ1) is 21.2. The van der Waals surface area contributed by atoms with Gasteiger partial charge in [0.2, 0.25) is 0 Å². The Labute approximate surface area is 166 Å². The summed E-state index contributed by atoms with van der Waals surface area (Å²) in [6, 6.07) is 8.20. The van der Waals surface area contributed by atoms with Crippen LogP contribution in [0.25, 0.3) is 0 Å². The van der Waals surface area contributed by atoms with Crippen molar-refractivity contribution in [2.45, 2.75) is 58.2 Å². The zero-order chi connectivity index (χ0) is 19.3. The van der Waals surface area contributed by atoms with Gasteiger partial charge in [-0.2, -0.15) is 4.99 Å². The van der Waals surface area contributed by atoms with Crippen LogP contribution in [0.2, 0.25) is 0 Å². The van der Waals surface area contributed by atoms with Gasteiger partial charge in [0.1, 0.15) is 10.7 Å². The molecule has 1 aromatic carbocycles. The second-order valence-corrected chi connectivity index (χ2v) is 9.65. The van der Waals surface area contributed by atoms with E-state index in [9.17, 15) is 4.55 Å². The van der Waals surface area contributed by atoms with Gasteiger partial charge in [-0.3, -0.25) is 0 Å². The third-order valence-corrected chi connectivity index (χ3v) is 6.39. The van der Waals surface area contributed by atoms with Crippen LogP contribution in [0.15, 0.2) is 29.3 Å². The highest BCUT2D eigenvalue weighted by atomic mass is 32.2. The minimum atomic E-state index is -1.23. The second-order valence-electron chi connectivity index (χ2n) is 7.90. The van der Waals surface area contributed by atoms with Crippen molar-refractivity contribution in [3.8, 4) is 0 Å². The third-order valence-electron chi connectivity index (χ3n) is 4.59. The molecule has 0 fully saturated rings. The molecule has 1 N–H and O–H groups in total. The van der Waals surface area contributed by atoms with Crippen molar-refractivity contribution in [3.63, 3.8) is 0 Å². The van der Waals surface area contributed by atoms with E-state index in [4.69, 9.17) is 12.2 Å². The molecule has 0 aliphatic carbocycles. The minimum Gasteiger partial charge on any atom is -0.609 e. The van der Waals surface area contributed by atoms with Crippen molar-refractivity contribution < 1.29 is 4.55 Å². The highest BCUT2D eigenvalue weighted by Gasteiger charge is 2.37. The van der Waals surface area contributed by atoms with Crippen LogP contribution in [0.5, 0.6) is 0 Å². The molecule has 4 nitrogen and oxygen atoms in total. The maximum absolute atomic E-state index is 12.8. The van der Waals surface area contributed by atoms with Crippen molar-refractivity contribution >= 4 is 39.2 Å². The lowest BCUT2D eigenvalue weighted by atomic mass is 10.1. The third kappa shape index (κ3) is 5.69. The van der Waals surface area contributed by atoms with Crippen LogP contribution in [-0.4, -0.2) is 33.8 Å². The number of aliphatic imine (C=N–C) groups is 1. The highest BCUT2D eigenvalue weighted by molar-refractivity contribution is 8.05. The number of thiocarbonyl (C=S) groups is 1. The monoisotopic (exact) mass is 393 g/mol. The fourth-order valence-electron chi connectivity index (χ4n) is 2.93. The number of unbranched alkanes of at least 4 members (excludes halogenated alkanes) is 1. The molecule has 1 aliphatic rings. The molecule has 0 radical (unpaired) electrons. The van der Waals surface area contributed by atoms with Gasteiger partial charge >= 0.3 is 5.17 Å². The van der Waals surface area contributed by atoms with Crippen molar-refractivity contribution in [3.05, 3.63) is 29.8 Å².